The van der Waals surface area contributed by atoms with E-state index in [9.17, 15) is 9.18 Å². The number of para-hydroxylation sites is 2. The van der Waals surface area contributed by atoms with E-state index < -0.39 is 11.8 Å². The summed E-state index contributed by atoms with van der Waals surface area (Å²) < 4.78 is 23.6. The van der Waals surface area contributed by atoms with Crippen molar-refractivity contribution in [3.63, 3.8) is 0 Å². The van der Waals surface area contributed by atoms with Gasteiger partial charge in [0.1, 0.15) is 17.1 Å². The highest BCUT2D eigenvalue weighted by atomic mass is 19.1. The number of carboxylic acid groups (broad SMARTS) is 1. The number of rotatable bonds is 4. The standard InChI is InChI=1S/C14H11FO4/c1-18-12-4-2-3-5-13(12)19-11-7-6-9(15)8-10(11)14(16)17/h2-8H,1H3,(H,16,17). The predicted octanol–water partition coefficient (Wildman–Crippen LogP) is 3.32. The molecule has 0 aliphatic rings. The number of ether oxygens (including phenoxy) is 2. The largest absolute Gasteiger partial charge is 0.493 e. The van der Waals surface area contributed by atoms with E-state index in [1.165, 1.54) is 13.2 Å². The second kappa shape index (κ2) is 5.39. The Hall–Kier alpha value is -2.56. The molecule has 19 heavy (non-hydrogen) atoms. The average molecular weight is 262 g/mol. The smallest absolute Gasteiger partial charge is 0.339 e. The minimum Gasteiger partial charge on any atom is -0.493 e. The molecule has 0 heterocycles. The van der Waals surface area contributed by atoms with Crippen molar-refractivity contribution in [3.8, 4) is 17.2 Å². The van der Waals surface area contributed by atoms with Gasteiger partial charge in [-0.15, -0.1) is 0 Å². The van der Waals surface area contributed by atoms with Crippen molar-refractivity contribution < 1.29 is 23.8 Å². The SMILES string of the molecule is COc1ccccc1Oc1ccc(F)cc1C(=O)O. The van der Waals surface area contributed by atoms with E-state index >= 15 is 0 Å². The Balaban J connectivity index is 2.41. The molecule has 0 radical (unpaired) electrons. The third-order valence-electron chi connectivity index (χ3n) is 2.46. The Bertz CT molecular complexity index is 610. The molecular weight excluding hydrogens is 251 g/mol. The summed E-state index contributed by atoms with van der Waals surface area (Å²) in [6, 6.07) is 10.1. The normalized spacial score (nSPS) is 10.0. The monoisotopic (exact) mass is 262 g/mol. The number of benzene rings is 2. The van der Waals surface area contributed by atoms with Crippen LogP contribution in [0.15, 0.2) is 42.5 Å². The van der Waals surface area contributed by atoms with Gasteiger partial charge in [0.25, 0.3) is 0 Å². The molecule has 0 atom stereocenters. The summed E-state index contributed by atoms with van der Waals surface area (Å²) in [6.07, 6.45) is 0. The van der Waals surface area contributed by atoms with Crippen LogP contribution in [0.1, 0.15) is 10.4 Å². The minimum absolute atomic E-state index is 0.0541. The predicted molar refractivity (Wildman–Crippen MR) is 66.4 cm³/mol. The molecule has 0 aliphatic heterocycles. The molecule has 0 amide bonds. The van der Waals surface area contributed by atoms with E-state index in [-0.39, 0.29) is 11.3 Å². The van der Waals surface area contributed by atoms with Crippen LogP contribution in [0.25, 0.3) is 0 Å². The number of methoxy groups -OCH3 is 1. The molecule has 2 aromatic carbocycles. The van der Waals surface area contributed by atoms with Gasteiger partial charge in [-0.05, 0) is 30.3 Å². The molecule has 98 valence electrons. The van der Waals surface area contributed by atoms with Gasteiger partial charge >= 0.3 is 5.97 Å². The Morgan fingerprint density at radius 3 is 2.42 bits per heavy atom. The first-order valence-electron chi connectivity index (χ1n) is 5.45. The van der Waals surface area contributed by atoms with Crippen LogP contribution in [0.5, 0.6) is 17.2 Å². The van der Waals surface area contributed by atoms with E-state index in [1.807, 2.05) is 0 Å². The second-order valence-corrected chi connectivity index (χ2v) is 3.70. The number of aromatic carboxylic acids is 1. The van der Waals surface area contributed by atoms with Gasteiger partial charge in [0, 0.05) is 0 Å². The van der Waals surface area contributed by atoms with Crippen LogP contribution in [-0.4, -0.2) is 18.2 Å². The first-order chi connectivity index (χ1) is 9.11. The van der Waals surface area contributed by atoms with E-state index in [4.69, 9.17) is 14.6 Å². The molecule has 2 rings (SSSR count). The first kappa shape index (κ1) is 12.9. The lowest BCUT2D eigenvalue weighted by Crippen LogP contribution is -2.01. The van der Waals surface area contributed by atoms with Crippen molar-refractivity contribution in [1.82, 2.24) is 0 Å². The fourth-order valence-corrected chi connectivity index (χ4v) is 1.58. The highest BCUT2D eigenvalue weighted by molar-refractivity contribution is 5.91. The van der Waals surface area contributed by atoms with Gasteiger partial charge in [0.05, 0.1) is 7.11 Å². The molecule has 0 spiro atoms. The summed E-state index contributed by atoms with van der Waals surface area (Å²) in [5.74, 6) is -1.02. The summed E-state index contributed by atoms with van der Waals surface area (Å²) in [6.45, 7) is 0. The third-order valence-corrected chi connectivity index (χ3v) is 2.46. The maximum Gasteiger partial charge on any atom is 0.339 e. The second-order valence-electron chi connectivity index (χ2n) is 3.70. The number of hydrogen-bond acceptors (Lipinski definition) is 3. The molecule has 0 unspecified atom stereocenters. The molecular formula is C14H11FO4. The fraction of sp³-hybridized carbons (Fsp3) is 0.0714. The summed E-state index contributed by atoms with van der Waals surface area (Å²) in [5, 5.41) is 9.02. The van der Waals surface area contributed by atoms with Gasteiger partial charge in [0.15, 0.2) is 11.5 Å². The average Bonchev–Trinajstić information content (AvgIpc) is 2.41. The van der Waals surface area contributed by atoms with E-state index in [2.05, 4.69) is 0 Å². The molecule has 0 aliphatic carbocycles. The van der Waals surface area contributed by atoms with Crippen molar-refractivity contribution in [2.45, 2.75) is 0 Å². The van der Waals surface area contributed by atoms with Crippen LogP contribution in [0.2, 0.25) is 0 Å². The van der Waals surface area contributed by atoms with E-state index in [1.54, 1.807) is 24.3 Å². The van der Waals surface area contributed by atoms with Gasteiger partial charge in [-0.1, -0.05) is 12.1 Å². The maximum atomic E-state index is 13.0. The Morgan fingerprint density at radius 1 is 1.11 bits per heavy atom. The number of halogens is 1. The van der Waals surface area contributed by atoms with Crippen molar-refractivity contribution >= 4 is 5.97 Å². The molecule has 0 aromatic heterocycles. The fourth-order valence-electron chi connectivity index (χ4n) is 1.58. The summed E-state index contributed by atoms with van der Waals surface area (Å²) in [7, 11) is 1.48. The molecule has 1 N–H and O–H groups in total. The van der Waals surface area contributed by atoms with Crippen LogP contribution in [0, 0.1) is 5.82 Å². The molecule has 4 nitrogen and oxygen atoms in total. The Morgan fingerprint density at radius 2 is 1.79 bits per heavy atom. The van der Waals surface area contributed by atoms with Gasteiger partial charge in [-0.2, -0.15) is 0 Å². The van der Waals surface area contributed by atoms with E-state index in [0.29, 0.717) is 11.5 Å². The number of hydrogen-bond donors (Lipinski definition) is 1. The lowest BCUT2D eigenvalue weighted by molar-refractivity contribution is 0.0693. The van der Waals surface area contributed by atoms with Crippen LogP contribution in [-0.2, 0) is 0 Å². The van der Waals surface area contributed by atoms with Crippen molar-refractivity contribution in [2.75, 3.05) is 7.11 Å². The van der Waals surface area contributed by atoms with Gasteiger partial charge in [-0.3, -0.25) is 0 Å². The van der Waals surface area contributed by atoms with Crippen LogP contribution in [0.3, 0.4) is 0 Å². The highest BCUT2D eigenvalue weighted by Gasteiger charge is 2.14. The van der Waals surface area contributed by atoms with Gasteiger partial charge < -0.3 is 14.6 Å². The minimum atomic E-state index is -1.26. The molecule has 2 aromatic rings. The molecule has 0 saturated heterocycles. The van der Waals surface area contributed by atoms with Crippen molar-refractivity contribution in [2.24, 2.45) is 0 Å². The number of carboxylic acids is 1. The molecule has 0 bridgehead atoms. The van der Waals surface area contributed by atoms with Crippen LogP contribution in [0.4, 0.5) is 4.39 Å². The topological polar surface area (TPSA) is 55.8 Å². The van der Waals surface area contributed by atoms with Gasteiger partial charge in [0.2, 0.25) is 0 Å². The molecule has 0 fully saturated rings. The summed E-state index contributed by atoms with van der Waals surface area (Å²) >= 11 is 0. The summed E-state index contributed by atoms with van der Waals surface area (Å²) in [5.41, 5.74) is -0.245. The lowest BCUT2D eigenvalue weighted by atomic mass is 10.2. The Kier molecular flexibility index (Phi) is 3.66. The van der Waals surface area contributed by atoms with Crippen LogP contribution < -0.4 is 9.47 Å². The van der Waals surface area contributed by atoms with Crippen LogP contribution >= 0.6 is 0 Å². The first-order valence-corrected chi connectivity index (χ1v) is 5.45. The molecule has 5 heteroatoms. The lowest BCUT2D eigenvalue weighted by Gasteiger charge is -2.11. The zero-order chi connectivity index (χ0) is 13.8. The Labute approximate surface area is 109 Å². The third kappa shape index (κ3) is 2.82. The maximum absolute atomic E-state index is 13.0. The number of carbonyl (C=O) groups is 1. The zero-order valence-electron chi connectivity index (χ0n) is 10.1. The zero-order valence-corrected chi connectivity index (χ0v) is 10.1. The highest BCUT2D eigenvalue weighted by Crippen LogP contribution is 2.32. The van der Waals surface area contributed by atoms with E-state index in [0.717, 1.165) is 12.1 Å². The summed E-state index contributed by atoms with van der Waals surface area (Å²) in [4.78, 5) is 11.0. The quantitative estimate of drug-likeness (QED) is 0.918. The van der Waals surface area contributed by atoms with Crippen molar-refractivity contribution in [1.29, 1.82) is 0 Å². The molecule has 0 saturated carbocycles. The van der Waals surface area contributed by atoms with Gasteiger partial charge in [-0.25, -0.2) is 9.18 Å². The van der Waals surface area contributed by atoms with Crippen molar-refractivity contribution in [3.05, 3.63) is 53.8 Å².